The van der Waals surface area contributed by atoms with Gasteiger partial charge in [-0.2, -0.15) is 0 Å². The van der Waals surface area contributed by atoms with Crippen LogP contribution >= 0.6 is 12.2 Å². The predicted molar refractivity (Wildman–Crippen MR) is 159 cm³/mol. The number of benzene rings is 3. The molecule has 3 N–H and O–H groups in total. The molecule has 3 rings (SSSR count). The zero-order chi connectivity index (χ0) is 27.5. The molecule has 0 heterocycles. The molecule has 0 spiro atoms. The van der Waals surface area contributed by atoms with Crippen molar-refractivity contribution in [2.75, 3.05) is 17.2 Å². The largest absolute Gasteiger partial charge is 0.493 e. The summed E-state index contributed by atoms with van der Waals surface area (Å²) in [5.74, 6) is 0.693. The molecule has 3 aromatic carbocycles. The molecule has 6 nitrogen and oxygen atoms in total. The SMILES string of the molecule is Cc1ccc(C)c(OCCCC(C)(C)C(=O)NC(=S)Nc2ccc(NC(=O)CCc3ccccc3)cc2)c1. The highest BCUT2D eigenvalue weighted by atomic mass is 32.1. The van der Waals surface area contributed by atoms with Gasteiger partial charge in [-0.3, -0.25) is 9.59 Å². The third-order valence-corrected chi connectivity index (χ3v) is 6.50. The van der Waals surface area contributed by atoms with Gasteiger partial charge in [0.2, 0.25) is 11.8 Å². The Kier molecular flexibility index (Phi) is 10.4. The highest BCUT2D eigenvalue weighted by molar-refractivity contribution is 7.80. The first-order valence-corrected chi connectivity index (χ1v) is 13.3. The summed E-state index contributed by atoms with van der Waals surface area (Å²) in [4.78, 5) is 25.1. The summed E-state index contributed by atoms with van der Waals surface area (Å²) in [6.45, 7) is 8.41. The van der Waals surface area contributed by atoms with Gasteiger partial charge in [0, 0.05) is 23.2 Å². The van der Waals surface area contributed by atoms with Crippen LogP contribution in [-0.2, 0) is 16.0 Å². The Hall–Kier alpha value is -3.71. The average Bonchev–Trinajstić information content (AvgIpc) is 2.89. The molecule has 200 valence electrons. The Labute approximate surface area is 231 Å². The van der Waals surface area contributed by atoms with Gasteiger partial charge >= 0.3 is 0 Å². The summed E-state index contributed by atoms with van der Waals surface area (Å²) in [6.07, 6.45) is 2.50. The topological polar surface area (TPSA) is 79.5 Å². The van der Waals surface area contributed by atoms with Gasteiger partial charge in [0.15, 0.2) is 5.11 Å². The molecule has 38 heavy (non-hydrogen) atoms. The second-order valence-corrected chi connectivity index (χ2v) is 10.5. The van der Waals surface area contributed by atoms with E-state index in [4.69, 9.17) is 17.0 Å². The fraction of sp³-hybridized carbons (Fsp3) is 0.323. The Morgan fingerprint density at radius 3 is 2.24 bits per heavy atom. The number of aryl methyl sites for hydroxylation is 3. The molecular weight excluding hydrogens is 494 g/mol. The van der Waals surface area contributed by atoms with Crippen LogP contribution in [0.15, 0.2) is 72.8 Å². The van der Waals surface area contributed by atoms with Gasteiger partial charge in [0.05, 0.1) is 6.61 Å². The second kappa shape index (κ2) is 13.7. The van der Waals surface area contributed by atoms with Crippen LogP contribution in [0.1, 0.15) is 49.8 Å². The van der Waals surface area contributed by atoms with Crippen molar-refractivity contribution in [1.29, 1.82) is 0 Å². The van der Waals surface area contributed by atoms with E-state index >= 15 is 0 Å². The molecule has 3 aromatic rings. The maximum Gasteiger partial charge on any atom is 0.231 e. The Morgan fingerprint density at radius 2 is 1.55 bits per heavy atom. The fourth-order valence-corrected chi connectivity index (χ4v) is 4.08. The van der Waals surface area contributed by atoms with Crippen molar-refractivity contribution in [1.82, 2.24) is 5.32 Å². The first kappa shape index (κ1) is 28.9. The number of anilines is 2. The fourth-order valence-electron chi connectivity index (χ4n) is 3.87. The van der Waals surface area contributed by atoms with Crippen molar-refractivity contribution in [2.24, 2.45) is 5.41 Å². The number of thiocarbonyl (C=S) groups is 1. The molecule has 0 aliphatic carbocycles. The minimum atomic E-state index is -0.607. The summed E-state index contributed by atoms with van der Waals surface area (Å²) >= 11 is 5.35. The van der Waals surface area contributed by atoms with Gasteiger partial charge in [-0.05, 0) is 92.4 Å². The minimum Gasteiger partial charge on any atom is -0.493 e. The third-order valence-electron chi connectivity index (χ3n) is 6.30. The molecule has 7 heteroatoms. The molecule has 0 aromatic heterocycles. The summed E-state index contributed by atoms with van der Waals surface area (Å²) in [7, 11) is 0. The lowest BCUT2D eigenvalue weighted by molar-refractivity contribution is -0.128. The minimum absolute atomic E-state index is 0.0426. The van der Waals surface area contributed by atoms with Gasteiger partial charge in [0.1, 0.15) is 5.75 Å². The molecule has 0 aliphatic rings. The average molecular weight is 532 g/mol. The summed E-state index contributed by atoms with van der Waals surface area (Å²) < 4.78 is 5.92. The molecular formula is C31H37N3O3S. The van der Waals surface area contributed by atoms with Crippen LogP contribution in [0, 0.1) is 19.3 Å². The molecule has 0 radical (unpaired) electrons. The Morgan fingerprint density at radius 1 is 0.895 bits per heavy atom. The standard InChI is InChI=1S/C31H37N3O3S/c1-22-11-12-23(2)27(21-22)37-20-8-19-31(3,4)29(36)34-30(38)33-26-16-14-25(15-17-26)32-28(35)18-13-24-9-6-5-7-10-24/h5-7,9-12,14-17,21H,8,13,18-20H2,1-4H3,(H,32,35)(H2,33,34,36,38). The van der Waals surface area contributed by atoms with Crippen molar-refractivity contribution in [3.8, 4) is 5.75 Å². The number of carbonyl (C=O) groups excluding carboxylic acids is 2. The maximum atomic E-state index is 12.8. The summed E-state index contributed by atoms with van der Waals surface area (Å²) in [5, 5.41) is 8.96. The Bertz CT molecular complexity index is 1240. The molecule has 0 aliphatic heterocycles. The van der Waals surface area contributed by atoms with E-state index in [2.05, 4.69) is 22.0 Å². The van der Waals surface area contributed by atoms with Crippen LogP contribution in [0.4, 0.5) is 11.4 Å². The molecule has 0 fully saturated rings. The predicted octanol–water partition coefficient (Wildman–Crippen LogP) is 6.57. The first-order valence-electron chi connectivity index (χ1n) is 12.9. The van der Waals surface area contributed by atoms with E-state index < -0.39 is 5.41 Å². The highest BCUT2D eigenvalue weighted by Gasteiger charge is 2.27. The van der Waals surface area contributed by atoms with Crippen molar-refractivity contribution in [3.05, 3.63) is 89.5 Å². The van der Waals surface area contributed by atoms with Crippen LogP contribution in [0.25, 0.3) is 0 Å². The van der Waals surface area contributed by atoms with E-state index in [0.29, 0.717) is 31.6 Å². The zero-order valence-electron chi connectivity index (χ0n) is 22.6. The quantitative estimate of drug-likeness (QED) is 0.193. The van der Waals surface area contributed by atoms with Gasteiger partial charge in [-0.25, -0.2) is 0 Å². The lowest BCUT2D eigenvalue weighted by Gasteiger charge is -2.24. The number of hydrogen-bond acceptors (Lipinski definition) is 4. The van der Waals surface area contributed by atoms with Crippen molar-refractivity contribution in [2.45, 2.75) is 53.4 Å². The van der Waals surface area contributed by atoms with E-state index in [1.54, 1.807) is 24.3 Å². The van der Waals surface area contributed by atoms with Crippen molar-refractivity contribution in [3.63, 3.8) is 0 Å². The van der Waals surface area contributed by atoms with E-state index in [9.17, 15) is 9.59 Å². The van der Waals surface area contributed by atoms with Crippen molar-refractivity contribution >= 4 is 40.5 Å². The number of hydrogen-bond donors (Lipinski definition) is 3. The third kappa shape index (κ3) is 9.30. The van der Waals surface area contributed by atoms with E-state index in [0.717, 1.165) is 34.5 Å². The maximum absolute atomic E-state index is 12.8. The van der Waals surface area contributed by atoms with Crippen LogP contribution in [0.3, 0.4) is 0 Å². The number of ether oxygens (including phenoxy) is 1. The monoisotopic (exact) mass is 531 g/mol. The van der Waals surface area contributed by atoms with Crippen LogP contribution in [0.5, 0.6) is 5.75 Å². The molecule has 0 bridgehead atoms. The van der Waals surface area contributed by atoms with Gasteiger partial charge in [-0.1, -0.05) is 56.3 Å². The number of carbonyl (C=O) groups is 2. The number of amides is 2. The van der Waals surface area contributed by atoms with Crippen molar-refractivity contribution < 1.29 is 14.3 Å². The van der Waals surface area contributed by atoms with E-state index in [1.165, 1.54) is 0 Å². The highest BCUT2D eigenvalue weighted by Crippen LogP contribution is 2.24. The zero-order valence-corrected chi connectivity index (χ0v) is 23.4. The molecule has 0 unspecified atom stereocenters. The molecule has 0 saturated heterocycles. The summed E-state index contributed by atoms with van der Waals surface area (Å²) in [6, 6.07) is 23.3. The molecule has 0 atom stereocenters. The van der Waals surface area contributed by atoms with E-state index in [-0.39, 0.29) is 16.9 Å². The smallest absolute Gasteiger partial charge is 0.231 e. The second-order valence-electron chi connectivity index (χ2n) is 10.1. The van der Waals surface area contributed by atoms with Crippen LogP contribution in [-0.4, -0.2) is 23.5 Å². The molecule has 2 amide bonds. The normalized spacial score (nSPS) is 10.9. The first-order chi connectivity index (χ1) is 18.1. The number of rotatable bonds is 11. The summed E-state index contributed by atoms with van der Waals surface area (Å²) in [5.41, 5.74) is 4.20. The van der Waals surface area contributed by atoms with Gasteiger partial charge < -0.3 is 20.7 Å². The molecule has 0 saturated carbocycles. The Balaban J connectivity index is 1.39. The van der Waals surface area contributed by atoms with Gasteiger partial charge in [0.25, 0.3) is 0 Å². The number of nitrogens with one attached hydrogen (secondary N) is 3. The van der Waals surface area contributed by atoms with Crippen LogP contribution in [0.2, 0.25) is 0 Å². The lowest BCUT2D eigenvalue weighted by atomic mass is 9.87. The van der Waals surface area contributed by atoms with Crippen LogP contribution < -0.4 is 20.7 Å². The van der Waals surface area contributed by atoms with E-state index in [1.807, 2.05) is 70.2 Å². The lowest BCUT2D eigenvalue weighted by Crippen LogP contribution is -2.42. The van der Waals surface area contributed by atoms with Gasteiger partial charge in [-0.15, -0.1) is 0 Å².